The summed E-state index contributed by atoms with van der Waals surface area (Å²) in [5, 5.41) is 4.56. The van der Waals surface area contributed by atoms with E-state index in [4.69, 9.17) is 9.97 Å². The van der Waals surface area contributed by atoms with E-state index in [9.17, 15) is 0 Å². The van der Waals surface area contributed by atoms with Crippen molar-refractivity contribution in [3.05, 3.63) is 90.0 Å². The summed E-state index contributed by atoms with van der Waals surface area (Å²) in [5.74, 6) is 1.65. The number of aromatic nitrogens is 2. The minimum absolute atomic E-state index is 0.759. The molecule has 0 aliphatic rings. The van der Waals surface area contributed by atoms with Crippen LogP contribution in [0.3, 0.4) is 0 Å². The predicted molar refractivity (Wildman–Crippen MR) is 108 cm³/mol. The molecule has 0 saturated carbocycles. The van der Waals surface area contributed by atoms with Gasteiger partial charge in [0.15, 0.2) is 5.82 Å². The molecule has 1 heterocycles. The first-order valence-corrected chi connectivity index (χ1v) is 8.91. The Hall–Kier alpha value is -3.20. The highest BCUT2D eigenvalue weighted by Gasteiger charge is 2.09. The first-order chi connectivity index (χ1) is 12.8. The highest BCUT2D eigenvalue weighted by atomic mass is 15.0. The van der Waals surface area contributed by atoms with Gasteiger partial charge in [-0.2, -0.15) is 0 Å². The fourth-order valence-corrected chi connectivity index (χ4v) is 3.09. The minimum Gasteiger partial charge on any atom is -0.369 e. The van der Waals surface area contributed by atoms with Crippen molar-refractivity contribution in [2.24, 2.45) is 0 Å². The molecular formula is C23H21N3. The van der Waals surface area contributed by atoms with Crippen molar-refractivity contribution in [3.8, 4) is 11.4 Å². The second kappa shape index (κ2) is 7.36. The number of nitrogens with zero attached hydrogens (tertiary/aromatic N) is 2. The molecule has 0 spiro atoms. The predicted octanol–water partition coefficient (Wildman–Crippen LogP) is 5.26. The van der Waals surface area contributed by atoms with Crippen molar-refractivity contribution in [1.82, 2.24) is 9.97 Å². The van der Waals surface area contributed by atoms with E-state index in [1.165, 1.54) is 11.1 Å². The van der Waals surface area contributed by atoms with Gasteiger partial charge in [0.25, 0.3) is 0 Å². The van der Waals surface area contributed by atoms with Gasteiger partial charge in [0.05, 0.1) is 5.52 Å². The van der Waals surface area contributed by atoms with Gasteiger partial charge in [-0.1, -0.05) is 66.2 Å². The molecule has 1 N–H and O–H groups in total. The average Bonchev–Trinajstić information content (AvgIpc) is 2.68. The second-order valence-electron chi connectivity index (χ2n) is 6.44. The highest BCUT2D eigenvalue weighted by molar-refractivity contribution is 5.90. The van der Waals surface area contributed by atoms with Crippen molar-refractivity contribution in [2.75, 3.05) is 11.9 Å². The van der Waals surface area contributed by atoms with Gasteiger partial charge in [0.1, 0.15) is 5.82 Å². The first kappa shape index (κ1) is 16.3. The average molecular weight is 339 g/mol. The lowest BCUT2D eigenvalue weighted by molar-refractivity contribution is 1.01. The van der Waals surface area contributed by atoms with Crippen molar-refractivity contribution in [2.45, 2.75) is 13.3 Å². The summed E-state index contributed by atoms with van der Waals surface area (Å²) in [5.41, 5.74) is 4.53. The van der Waals surface area contributed by atoms with Crippen LogP contribution in [0.15, 0.2) is 78.9 Å². The maximum atomic E-state index is 4.82. The zero-order valence-corrected chi connectivity index (χ0v) is 14.8. The third-order valence-corrected chi connectivity index (χ3v) is 4.43. The molecule has 0 fully saturated rings. The van der Waals surface area contributed by atoms with Crippen molar-refractivity contribution >= 4 is 16.7 Å². The summed E-state index contributed by atoms with van der Waals surface area (Å²) in [4.78, 5) is 9.58. The van der Waals surface area contributed by atoms with Gasteiger partial charge in [-0.05, 0) is 37.1 Å². The van der Waals surface area contributed by atoms with Gasteiger partial charge in [-0.15, -0.1) is 0 Å². The SMILES string of the molecule is Cc1cccc(-c2nc(NCCc3ccccc3)c3ccccc3n2)c1. The largest absolute Gasteiger partial charge is 0.369 e. The zero-order valence-electron chi connectivity index (χ0n) is 14.8. The van der Waals surface area contributed by atoms with E-state index in [-0.39, 0.29) is 0 Å². The molecule has 0 unspecified atom stereocenters. The zero-order chi connectivity index (χ0) is 17.8. The van der Waals surface area contributed by atoms with Gasteiger partial charge >= 0.3 is 0 Å². The minimum atomic E-state index is 0.759. The lowest BCUT2D eigenvalue weighted by atomic mass is 10.1. The Morgan fingerprint density at radius 2 is 1.62 bits per heavy atom. The summed E-state index contributed by atoms with van der Waals surface area (Å²) in [6.45, 7) is 2.92. The van der Waals surface area contributed by atoms with Gasteiger partial charge < -0.3 is 5.32 Å². The molecule has 4 aromatic rings. The molecule has 26 heavy (non-hydrogen) atoms. The quantitative estimate of drug-likeness (QED) is 0.539. The number of para-hydroxylation sites is 1. The van der Waals surface area contributed by atoms with Crippen LogP contribution in [0.5, 0.6) is 0 Å². The molecule has 0 radical (unpaired) electrons. The fraction of sp³-hybridized carbons (Fsp3) is 0.130. The molecule has 0 saturated heterocycles. The Kier molecular flexibility index (Phi) is 4.61. The van der Waals surface area contributed by atoms with Crippen LogP contribution < -0.4 is 5.32 Å². The Bertz CT molecular complexity index is 1030. The van der Waals surface area contributed by atoms with Crippen LogP contribution in [0.2, 0.25) is 0 Å². The monoisotopic (exact) mass is 339 g/mol. The lowest BCUT2D eigenvalue weighted by Crippen LogP contribution is -2.08. The van der Waals surface area contributed by atoms with Crippen LogP contribution in [-0.4, -0.2) is 16.5 Å². The summed E-state index contributed by atoms with van der Waals surface area (Å²) in [7, 11) is 0. The summed E-state index contributed by atoms with van der Waals surface area (Å²) < 4.78 is 0. The number of benzene rings is 3. The van der Waals surface area contributed by atoms with Crippen LogP contribution in [-0.2, 0) is 6.42 Å². The molecule has 0 aliphatic heterocycles. The van der Waals surface area contributed by atoms with Crippen LogP contribution in [0, 0.1) is 6.92 Å². The van der Waals surface area contributed by atoms with Crippen molar-refractivity contribution in [3.63, 3.8) is 0 Å². The lowest BCUT2D eigenvalue weighted by Gasteiger charge is -2.11. The molecule has 3 nitrogen and oxygen atoms in total. The van der Waals surface area contributed by atoms with Crippen molar-refractivity contribution in [1.29, 1.82) is 0 Å². The number of aryl methyl sites for hydroxylation is 1. The van der Waals surface area contributed by atoms with E-state index in [0.717, 1.165) is 41.1 Å². The molecule has 3 aromatic carbocycles. The molecule has 0 atom stereocenters. The van der Waals surface area contributed by atoms with E-state index >= 15 is 0 Å². The molecule has 0 aliphatic carbocycles. The van der Waals surface area contributed by atoms with Crippen LogP contribution in [0.4, 0.5) is 5.82 Å². The maximum Gasteiger partial charge on any atom is 0.162 e. The molecule has 0 bridgehead atoms. The molecule has 3 heteroatoms. The summed E-state index contributed by atoms with van der Waals surface area (Å²) in [6, 6.07) is 27.0. The standard InChI is InChI=1S/C23H21N3/c1-17-8-7-11-19(16-17)22-25-21-13-6-5-12-20(21)23(26-22)24-15-14-18-9-3-2-4-10-18/h2-13,16H,14-15H2,1H3,(H,24,25,26). The van der Waals surface area contributed by atoms with Gasteiger partial charge in [-0.3, -0.25) is 0 Å². The summed E-state index contributed by atoms with van der Waals surface area (Å²) in [6.07, 6.45) is 0.957. The number of nitrogens with one attached hydrogen (secondary N) is 1. The molecule has 0 amide bonds. The molecule has 4 rings (SSSR count). The molecule has 1 aromatic heterocycles. The van der Waals surface area contributed by atoms with Crippen LogP contribution in [0.25, 0.3) is 22.3 Å². The Morgan fingerprint density at radius 1 is 0.808 bits per heavy atom. The van der Waals surface area contributed by atoms with E-state index < -0.39 is 0 Å². The van der Waals surface area contributed by atoms with E-state index in [2.05, 4.69) is 60.8 Å². The smallest absolute Gasteiger partial charge is 0.162 e. The number of anilines is 1. The first-order valence-electron chi connectivity index (χ1n) is 8.91. The van der Waals surface area contributed by atoms with E-state index in [1.807, 2.05) is 30.3 Å². The third-order valence-electron chi connectivity index (χ3n) is 4.43. The van der Waals surface area contributed by atoms with Crippen molar-refractivity contribution < 1.29 is 0 Å². The number of hydrogen-bond donors (Lipinski definition) is 1. The summed E-state index contributed by atoms with van der Waals surface area (Å²) >= 11 is 0. The highest BCUT2D eigenvalue weighted by Crippen LogP contribution is 2.25. The topological polar surface area (TPSA) is 37.8 Å². The van der Waals surface area contributed by atoms with Crippen LogP contribution in [0.1, 0.15) is 11.1 Å². The fourth-order valence-electron chi connectivity index (χ4n) is 3.09. The number of fused-ring (bicyclic) bond motifs is 1. The number of rotatable bonds is 5. The van der Waals surface area contributed by atoms with E-state index in [0.29, 0.717) is 0 Å². The Morgan fingerprint density at radius 3 is 2.46 bits per heavy atom. The van der Waals surface area contributed by atoms with Gasteiger partial charge in [0, 0.05) is 17.5 Å². The molecular weight excluding hydrogens is 318 g/mol. The Balaban J connectivity index is 1.66. The second-order valence-corrected chi connectivity index (χ2v) is 6.44. The van der Waals surface area contributed by atoms with Gasteiger partial charge in [-0.25, -0.2) is 9.97 Å². The number of hydrogen-bond acceptors (Lipinski definition) is 3. The van der Waals surface area contributed by atoms with E-state index in [1.54, 1.807) is 0 Å². The normalized spacial score (nSPS) is 10.8. The molecule has 128 valence electrons. The third kappa shape index (κ3) is 3.57. The van der Waals surface area contributed by atoms with Gasteiger partial charge in [0.2, 0.25) is 0 Å². The maximum absolute atomic E-state index is 4.82. The Labute approximate surface area is 153 Å². The van der Waals surface area contributed by atoms with Crippen LogP contribution >= 0.6 is 0 Å².